The van der Waals surface area contributed by atoms with Crippen LogP contribution in [-0.2, 0) is 19.1 Å². The first-order chi connectivity index (χ1) is 10.1. The number of ether oxygens (including phenoxy) is 2. The third kappa shape index (κ3) is 1.95. The first-order valence-corrected chi connectivity index (χ1v) is 6.42. The number of dihydropyridines is 1. The van der Waals surface area contributed by atoms with Gasteiger partial charge in [0.15, 0.2) is 11.5 Å². The number of hydrogen-bond donors (Lipinski definition) is 1. The van der Waals surface area contributed by atoms with Crippen molar-refractivity contribution in [3.8, 4) is 0 Å². The van der Waals surface area contributed by atoms with Crippen molar-refractivity contribution in [1.82, 2.24) is 0 Å². The molecule has 0 amide bonds. The third-order valence-electron chi connectivity index (χ3n) is 3.69. The monoisotopic (exact) mass is 286 g/mol. The summed E-state index contributed by atoms with van der Waals surface area (Å²) in [5.74, 6) is -1.29. The summed E-state index contributed by atoms with van der Waals surface area (Å²) in [6.45, 7) is 0. The number of ketones is 2. The predicted octanol–water partition coefficient (Wildman–Crippen LogP) is 0.421. The van der Waals surface area contributed by atoms with E-state index in [1.807, 2.05) is 0 Å². The Labute approximate surface area is 121 Å². The Bertz CT molecular complexity index is 694. The number of fused-ring (bicyclic) bond motifs is 2. The normalized spacial score (nSPS) is 27.6. The molecule has 1 heterocycles. The van der Waals surface area contributed by atoms with Gasteiger partial charge in [0.1, 0.15) is 11.8 Å². The predicted molar refractivity (Wildman–Crippen MR) is 75.3 cm³/mol. The molecule has 0 aromatic rings. The second-order valence-corrected chi connectivity index (χ2v) is 4.86. The van der Waals surface area contributed by atoms with Gasteiger partial charge >= 0.3 is 0 Å². The Balaban J connectivity index is 2.13. The van der Waals surface area contributed by atoms with Crippen LogP contribution in [0.4, 0.5) is 0 Å². The van der Waals surface area contributed by atoms with Crippen LogP contribution in [0.1, 0.15) is 0 Å². The second kappa shape index (κ2) is 4.82. The third-order valence-corrected chi connectivity index (χ3v) is 3.69. The molecule has 6 heteroatoms. The number of Topliss-reactive ketones (excluding diaryl/α,β-unsaturated/α-hetero) is 1. The van der Waals surface area contributed by atoms with Crippen LogP contribution < -0.4 is 5.73 Å². The van der Waals surface area contributed by atoms with Crippen LogP contribution in [0, 0.1) is 5.92 Å². The number of carbonyl (C=O) groups is 2. The highest BCUT2D eigenvalue weighted by Gasteiger charge is 2.38. The van der Waals surface area contributed by atoms with E-state index in [4.69, 9.17) is 15.2 Å². The zero-order chi connectivity index (χ0) is 15.1. The topological polar surface area (TPSA) is 91.0 Å². The Morgan fingerprint density at radius 2 is 2.05 bits per heavy atom. The highest BCUT2D eigenvalue weighted by atomic mass is 16.5. The average Bonchev–Trinajstić information content (AvgIpc) is 2.50. The number of allylic oxidation sites excluding steroid dienone is 4. The molecule has 21 heavy (non-hydrogen) atoms. The Morgan fingerprint density at radius 3 is 2.71 bits per heavy atom. The molecule has 0 spiro atoms. The van der Waals surface area contributed by atoms with E-state index in [-0.39, 0.29) is 29.1 Å². The second-order valence-electron chi connectivity index (χ2n) is 4.86. The van der Waals surface area contributed by atoms with E-state index in [0.717, 1.165) is 5.57 Å². The first-order valence-electron chi connectivity index (χ1n) is 6.42. The van der Waals surface area contributed by atoms with E-state index >= 15 is 0 Å². The van der Waals surface area contributed by atoms with Gasteiger partial charge in [0.05, 0.1) is 24.4 Å². The van der Waals surface area contributed by atoms with E-state index in [1.54, 1.807) is 18.2 Å². The number of hydrogen-bond acceptors (Lipinski definition) is 6. The lowest BCUT2D eigenvalue weighted by molar-refractivity contribution is -0.119. The summed E-state index contributed by atoms with van der Waals surface area (Å²) in [6.07, 6.45) is 6.12. The molecule has 108 valence electrons. The molecule has 3 aliphatic rings. The zero-order valence-corrected chi connectivity index (χ0v) is 11.6. The van der Waals surface area contributed by atoms with Gasteiger partial charge in [0.2, 0.25) is 5.78 Å². The Kier molecular flexibility index (Phi) is 3.10. The zero-order valence-electron chi connectivity index (χ0n) is 11.6. The molecule has 2 N–H and O–H groups in total. The number of nitrogens with two attached hydrogens (primary N) is 1. The quantitative estimate of drug-likeness (QED) is 0.794. The van der Waals surface area contributed by atoms with Gasteiger partial charge in [-0.2, -0.15) is 0 Å². The minimum atomic E-state index is -0.674. The molecule has 0 radical (unpaired) electrons. The van der Waals surface area contributed by atoms with Gasteiger partial charge in [0, 0.05) is 13.2 Å². The number of carbonyl (C=O) groups excluding carboxylic acids is 2. The molecule has 0 aromatic carbocycles. The van der Waals surface area contributed by atoms with Gasteiger partial charge < -0.3 is 15.2 Å². The molecule has 3 rings (SSSR count). The van der Waals surface area contributed by atoms with Gasteiger partial charge in [-0.05, 0) is 11.6 Å². The number of rotatable bonds is 2. The maximum atomic E-state index is 12.3. The molecule has 0 saturated carbocycles. The van der Waals surface area contributed by atoms with Gasteiger partial charge in [0.25, 0.3) is 0 Å². The number of nitrogens with zero attached hydrogens (tertiary/aromatic N) is 1. The summed E-state index contributed by atoms with van der Waals surface area (Å²) in [6, 6.07) is 0. The molecule has 2 unspecified atom stereocenters. The molecule has 2 atom stereocenters. The average molecular weight is 286 g/mol. The summed E-state index contributed by atoms with van der Waals surface area (Å²) >= 11 is 0. The minimum Gasteiger partial charge on any atom is -0.492 e. The van der Waals surface area contributed by atoms with Crippen LogP contribution in [0.15, 0.2) is 52.0 Å². The van der Waals surface area contributed by atoms with Crippen molar-refractivity contribution < 1.29 is 19.1 Å². The minimum absolute atomic E-state index is 0.000615. The van der Waals surface area contributed by atoms with E-state index < -0.39 is 5.92 Å². The van der Waals surface area contributed by atoms with Crippen LogP contribution >= 0.6 is 0 Å². The van der Waals surface area contributed by atoms with E-state index in [9.17, 15) is 9.59 Å². The molecule has 0 saturated heterocycles. The SMILES string of the molecule is COC1=CC(=O)C2C=C3C=CC(OC)C(N)=C3N=C2C1=O. The molecule has 1 aliphatic heterocycles. The fraction of sp³-hybridized carbons (Fsp3) is 0.267. The van der Waals surface area contributed by atoms with Gasteiger partial charge in [-0.3, -0.25) is 9.59 Å². The Hall–Kier alpha value is -2.47. The van der Waals surface area contributed by atoms with Crippen molar-refractivity contribution in [1.29, 1.82) is 0 Å². The fourth-order valence-electron chi connectivity index (χ4n) is 2.56. The fourth-order valence-corrected chi connectivity index (χ4v) is 2.56. The molecular weight excluding hydrogens is 272 g/mol. The molecule has 0 aromatic heterocycles. The van der Waals surface area contributed by atoms with Crippen LogP contribution in [0.2, 0.25) is 0 Å². The first kappa shape index (κ1) is 13.5. The van der Waals surface area contributed by atoms with Crippen molar-refractivity contribution in [3.63, 3.8) is 0 Å². The maximum absolute atomic E-state index is 12.3. The number of aliphatic imine (C=N–C) groups is 1. The lowest BCUT2D eigenvalue weighted by atomic mass is 9.83. The van der Waals surface area contributed by atoms with Crippen molar-refractivity contribution in [3.05, 3.63) is 47.0 Å². The summed E-state index contributed by atoms with van der Waals surface area (Å²) in [5.41, 5.74) is 7.80. The van der Waals surface area contributed by atoms with Crippen molar-refractivity contribution >= 4 is 17.3 Å². The molecular formula is C15H14N2O4. The van der Waals surface area contributed by atoms with E-state index in [1.165, 1.54) is 20.3 Å². The molecule has 0 fully saturated rings. The van der Waals surface area contributed by atoms with Gasteiger partial charge in [-0.25, -0.2) is 4.99 Å². The Morgan fingerprint density at radius 1 is 1.29 bits per heavy atom. The highest BCUT2D eigenvalue weighted by molar-refractivity contribution is 6.52. The summed E-state index contributed by atoms with van der Waals surface area (Å²) in [5, 5.41) is 0. The van der Waals surface area contributed by atoms with Crippen LogP contribution in [0.5, 0.6) is 0 Å². The largest absolute Gasteiger partial charge is 0.492 e. The smallest absolute Gasteiger partial charge is 0.242 e. The summed E-state index contributed by atoms with van der Waals surface area (Å²) in [7, 11) is 2.89. The lowest BCUT2D eigenvalue weighted by Crippen LogP contribution is -2.37. The van der Waals surface area contributed by atoms with Gasteiger partial charge in [-0.15, -0.1) is 0 Å². The lowest BCUT2D eigenvalue weighted by Gasteiger charge is -2.27. The summed E-state index contributed by atoms with van der Waals surface area (Å²) in [4.78, 5) is 28.7. The van der Waals surface area contributed by atoms with Crippen LogP contribution in [-0.4, -0.2) is 37.6 Å². The molecule has 2 aliphatic carbocycles. The molecule has 0 bridgehead atoms. The van der Waals surface area contributed by atoms with E-state index in [2.05, 4.69) is 4.99 Å². The molecule has 6 nitrogen and oxygen atoms in total. The summed E-state index contributed by atoms with van der Waals surface area (Å²) < 4.78 is 10.2. The van der Waals surface area contributed by atoms with Crippen molar-refractivity contribution in [2.24, 2.45) is 16.6 Å². The van der Waals surface area contributed by atoms with Crippen molar-refractivity contribution in [2.75, 3.05) is 14.2 Å². The van der Waals surface area contributed by atoms with Crippen LogP contribution in [0.25, 0.3) is 0 Å². The number of methoxy groups -OCH3 is 2. The standard InChI is InChI=1S/C15H14N2O4/c1-20-10-4-3-7-5-8-9(18)6-11(21-2)15(19)14(8)17-13(7)12(10)16/h3-6,8,10H,16H2,1-2H3. The maximum Gasteiger partial charge on any atom is 0.242 e. The van der Waals surface area contributed by atoms with Crippen LogP contribution in [0.3, 0.4) is 0 Å². The van der Waals surface area contributed by atoms with E-state index in [0.29, 0.717) is 11.4 Å². The van der Waals surface area contributed by atoms with Crippen molar-refractivity contribution in [2.45, 2.75) is 6.10 Å². The van der Waals surface area contributed by atoms with Gasteiger partial charge in [-0.1, -0.05) is 12.2 Å². The highest BCUT2D eigenvalue weighted by Crippen LogP contribution is 2.33.